The van der Waals surface area contributed by atoms with Gasteiger partial charge in [-0.15, -0.1) is 37.2 Å². The van der Waals surface area contributed by atoms with E-state index in [1.54, 1.807) is 3.88 Å². The maximum absolute atomic E-state index is 2.30. The van der Waals surface area contributed by atoms with Crippen molar-refractivity contribution in [1.29, 1.82) is 0 Å². The van der Waals surface area contributed by atoms with Gasteiger partial charge >= 0.3 is 77.9 Å². The molecule has 1 nitrogen and oxygen atoms in total. The Hall–Kier alpha value is 1.02. The Bertz CT molecular complexity index is 181. The van der Waals surface area contributed by atoms with Crippen LogP contribution in [0.4, 0.5) is 0 Å². The maximum atomic E-state index is 2.30. The topological polar surface area (TPSA) is 3.24 Å². The van der Waals surface area contributed by atoms with E-state index in [1.807, 2.05) is 0 Å². The average Bonchev–Trinajstić information content (AvgIpc) is 2.39. The molecule has 0 saturated carbocycles. The molecule has 1 aliphatic carbocycles. The third-order valence-electron chi connectivity index (χ3n) is 1.68. The predicted octanol–water partition coefficient (Wildman–Crippen LogP) is 3.16. The van der Waals surface area contributed by atoms with E-state index in [2.05, 4.69) is 37.2 Å². The average molecular weight is 294 g/mol. The summed E-state index contributed by atoms with van der Waals surface area (Å²) >= 11 is 0.219. The van der Waals surface area contributed by atoms with Crippen molar-refractivity contribution in [3.8, 4) is 0 Å². The van der Waals surface area contributed by atoms with E-state index in [4.69, 9.17) is 0 Å². The van der Waals surface area contributed by atoms with Crippen molar-refractivity contribution in [3.63, 3.8) is 0 Å². The molecule has 0 heterocycles. The smallest absolute Gasteiger partial charge is 0.147 e. The fourth-order valence-corrected chi connectivity index (χ4v) is 3.14. The van der Waals surface area contributed by atoms with Crippen molar-refractivity contribution in [2.45, 2.75) is 11.1 Å². The van der Waals surface area contributed by atoms with Gasteiger partial charge in [0.15, 0.2) is 0 Å². The summed E-state index contributed by atoms with van der Waals surface area (Å²) in [5.74, 6) is 0. The normalized spacial score (nSPS) is 12.4. The second-order valence-corrected chi connectivity index (χ2v) is 5.39. The summed E-state index contributed by atoms with van der Waals surface area (Å²) in [7, 11) is 4.29. The maximum Gasteiger partial charge on any atom is -0.147 e. The van der Waals surface area contributed by atoms with Crippen molar-refractivity contribution in [2.75, 3.05) is 20.6 Å². The van der Waals surface area contributed by atoms with Gasteiger partial charge in [-0.1, -0.05) is 0 Å². The quantitative estimate of drug-likeness (QED) is 0.720. The Labute approximate surface area is 115 Å². The molecule has 0 aromatic heterocycles. The minimum absolute atomic E-state index is 0. The molecular formula is C9H18Cl3NTi. The van der Waals surface area contributed by atoms with Gasteiger partial charge in [0.1, 0.15) is 0 Å². The van der Waals surface area contributed by atoms with Gasteiger partial charge in [-0.2, -0.15) is 0 Å². The molecule has 1 rings (SSSR count). The Balaban J connectivity index is -0.000000403. The fraction of sp³-hybridized carbons (Fsp3) is 0.556. The van der Waals surface area contributed by atoms with E-state index in [9.17, 15) is 0 Å². The zero-order valence-corrected chi connectivity index (χ0v) is 12.5. The molecule has 0 saturated heterocycles. The van der Waals surface area contributed by atoms with Crippen LogP contribution >= 0.6 is 37.2 Å². The van der Waals surface area contributed by atoms with Crippen LogP contribution < -0.4 is 0 Å². The second-order valence-electron chi connectivity index (χ2n) is 3.05. The largest absolute Gasteiger partial charge is 0.147 e. The predicted molar refractivity (Wildman–Crippen MR) is 66.9 cm³/mol. The van der Waals surface area contributed by atoms with Crippen molar-refractivity contribution in [1.82, 2.24) is 4.90 Å². The Morgan fingerprint density at radius 3 is 2.36 bits per heavy atom. The number of halogens is 3. The van der Waals surface area contributed by atoms with E-state index < -0.39 is 0 Å². The summed E-state index contributed by atoms with van der Waals surface area (Å²) in [5.41, 5.74) is 0. The van der Waals surface area contributed by atoms with Gasteiger partial charge in [0.25, 0.3) is 0 Å². The molecule has 0 amide bonds. The van der Waals surface area contributed by atoms with E-state index in [-0.39, 0.29) is 56.4 Å². The van der Waals surface area contributed by atoms with Crippen LogP contribution in [0.5, 0.6) is 0 Å². The van der Waals surface area contributed by atoms with Crippen LogP contribution in [0.1, 0.15) is 6.42 Å². The van der Waals surface area contributed by atoms with Crippen LogP contribution in [0.25, 0.3) is 0 Å². The third kappa shape index (κ3) is 9.57. The SMILES string of the molecule is CN(C)C[CH2][Ti][C]1=CC=CC1.Cl.Cl.Cl. The third-order valence-corrected chi connectivity index (χ3v) is 3.71. The second kappa shape index (κ2) is 12.1. The first-order valence-corrected chi connectivity index (χ1v) is 5.92. The van der Waals surface area contributed by atoms with Crippen LogP contribution in [0.15, 0.2) is 22.1 Å². The Morgan fingerprint density at radius 2 is 1.93 bits per heavy atom. The standard InChI is InChI=1S/C5H5.C4H10N.3ClH.Ti/c1-2-4-5-3-1;1-4-5(2)3;;;;/h1-3H,4H2;1,4H2,2-3H3;3*1H;. The summed E-state index contributed by atoms with van der Waals surface area (Å²) in [6, 6.07) is 0. The minimum Gasteiger partial charge on any atom is -0.147 e. The van der Waals surface area contributed by atoms with Gasteiger partial charge in [0.2, 0.25) is 0 Å². The molecule has 0 atom stereocenters. The first kappa shape index (κ1) is 20.4. The molecule has 0 aliphatic heterocycles. The Morgan fingerprint density at radius 1 is 1.29 bits per heavy atom. The van der Waals surface area contributed by atoms with Gasteiger partial charge in [0.05, 0.1) is 0 Å². The van der Waals surface area contributed by atoms with E-state index in [1.165, 1.54) is 17.7 Å². The number of nitrogens with zero attached hydrogens (tertiary/aromatic N) is 1. The molecule has 14 heavy (non-hydrogen) atoms. The number of hydrogen-bond acceptors (Lipinski definition) is 1. The fourth-order valence-electron chi connectivity index (χ4n) is 1.02. The molecule has 0 bridgehead atoms. The van der Waals surface area contributed by atoms with Gasteiger partial charge in [-0.3, -0.25) is 0 Å². The molecule has 0 unspecified atom stereocenters. The molecular weight excluding hydrogens is 276 g/mol. The first-order valence-electron chi connectivity index (χ1n) is 4.03. The van der Waals surface area contributed by atoms with Gasteiger partial charge in [-0.05, 0) is 0 Å². The molecule has 0 N–H and O–H groups in total. The zero-order chi connectivity index (χ0) is 8.10. The molecule has 0 aromatic carbocycles. The van der Waals surface area contributed by atoms with Crippen LogP contribution in [0.3, 0.4) is 0 Å². The van der Waals surface area contributed by atoms with Crippen LogP contribution in [-0.2, 0) is 19.2 Å². The van der Waals surface area contributed by atoms with E-state index in [0.29, 0.717) is 0 Å². The number of rotatable bonds is 4. The molecule has 0 fully saturated rings. The van der Waals surface area contributed by atoms with Crippen LogP contribution in [0.2, 0.25) is 4.73 Å². The molecule has 0 radical (unpaired) electrons. The Kier molecular flexibility index (Phi) is 17.7. The monoisotopic (exact) mass is 293 g/mol. The van der Waals surface area contributed by atoms with Crippen LogP contribution in [-0.4, -0.2) is 25.5 Å². The molecule has 84 valence electrons. The van der Waals surface area contributed by atoms with Gasteiger partial charge in [0, 0.05) is 0 Å². The summed E-state index contributed by atoms with van der Waals surface area (Å²) in [5, 5.41) is 0. The van der Waals surface area contributed by atoms with Gasteiger partial charge < -0.3 is 0 Å². The zero-order valence-electron chi connectivity index (χ0n) is 8.53. The van der Waals surface area contributed by atoms with E-state index >= 15 is 0 Å². The number of hydrogen-bond donors (Lipinski definition) is 0. The van der Waals surface area contributed by atoms with Gasteiger partial charge in [-0.25, -0.2) is 0 Å². The van der Waals surface area contributed by atoms with Crippen LogP contribution in [0, 0.1) is 0 Å². The van der Waals surface area contributed by atoms with Crippen molar-refractivity contribution < 1.29 is 19.2 Å². The molecule has 5 heteroatoms. The summed E-state index contributed by atoms with van der Waals surface area (Å²) in [6.07, 6.45) is 7.99. The molecule has 0 spiro atoms. The first-order chi connectivity index (χ1) is 5.29. The summed E-state index contributed by atoms with van der Waals surface area (Å²) in [4.78, 5) is 2.27. The molecule has 0 aromatic rings. The minimum atomic E-state index is 0. The van der Waals surface area contributed by atoms with Crippen molar-refractivity contribution in [3.05, 3.63) is 22.1 Å². The number of allylic oxidation sites excluding steroid dienone is 4. The molecule has 1 aliphatic rings. The van der Waals surface area contributed by atoms with E-state index in [0.717, 1.165) is 0 Å². The van der Waals surface area contributed by atoms with Crippen molar-refractivity contribution >= 4 is 37.2 Å². The van der Waals surface area contributed by atoms with Crippen molar-refractivity contribution in [2.24, 2.45) is 0 Å². The summed E-state index contributed by atoms with van der Waals surface area (Å²) in [6.45, 7) is 1.26. The summed E-state index contributed by atoms with van der Waals surface area (Å²) < 4.78 is 3.13.